The molecule has 0 amide bonds. The van der Waals surface area contributed by atoms with E-state index in [1.165, 1.54) is 25.2 Å². The van der Waals surface area contributed by atoms with Crippen molar-refractivity contribution in [2.75, 3.05) is 31.3 Å². The van der Waals surface area contributed by atoms with Gasteiger partial charge in [-0.15, -0.1) is 0 Å². The predicted octanol–water partition coefficient (Wildman–Crippen LogP) is 1.34. The third-order valence-corrected chi connectivity index (χ3v) is 3.99. The molecule has 1 rings (SSSR count). The molecule has 9 heteroatoms. The molecule has 0 heterocycles. The summed E-state index contributed by atoms with van der Waals surface area (Å²) >= 11 is 0. The van der Waals surface area contributed by atoms with Gasteiger partial charge in [-0.25, -0.2) is 13.1 Å². The van der Waals surface area contributed by atoms with Gasteiger partial charge in [0.1, 0.15) is 0 Å². The Morgan fingerprint density at radius 3 is 2.67 bits per heavy atom. The number of sulfonamides is 1. The number of benzene rings is 1. The molecule has 0 aliphatic carbocycles. The number of nitro benzene ring substituents is 1. The summed E-state index contributed by atoms with van der Waals surface area (Å²) in [7, 11) is -1.94. The normalized spacial score (nSPS) is 11.1. The fourth-order valence-electron chi connectivity index (χ4n) is 1.53. The standard InChI is InChI=1S/C12H19N3O5S/c1-3-7-20-12-9-10(4-5-11(12)15(16)17)14-6-8-21(18,19)13-2/h4-5,9,13-14H,3,6-8H2,1-2H3. The van der Waals surface area contributed by atoms with Crippen LogP contribution in [0.3, 0.4) is 0 Å². The van der Waals surface area contributed by atoms with Crippen molar-refractivity contribution in [1.29, 1.82) is 0 Å². The fraction of sp³-hybridized carbons (Fsp3) is 0.500. The lowest BCUT2D eigenvalue weighted by Gasteiger charge is -2.10. The van der Waals surface area contributed by atoms with E-state index in [4.69, 9.17) is 4.74 Å². The lowest BCUT2D eigenvalue weighted by Crippen LogP contribution is -2.26. The fourth-order valence-corrected chi connectivity index (χ4v) is 2.11. The van der Waals surface area contributed by atoms with E-state index in [0.29, 0.717) is 12.3 Å². The summed E-state index contributed by atoms with van der Waals surface area (Å²) < 4.78 is 30.1. The van der Waals surface area contributed by atoms with Crippen LogP contribution in [0.5, 0.6) is 5.75 Å². The van der Waals surface area contributed by atoms with E-state index in [0.717, 1.165) is 6.42 Å². The first-order chi connectivity index (χ1) is 9.89. The largest absolute Gasteiger partial charge is 0.487 e. The maximum Gasteiger partial charge on any atom is 0.311 e. The number of hydrogen-bond donors (Lipinski definition) is 2. The summed E-state index contributed by atoms with van der Waals surface area (Å²) in [4.78, 5) is 10.4. The van der Waals surface area contributed by atoms with E-state index in [1.807, 2.05) is 6.92 Å². The minimum atomic E-state index is -3.29. The minimum Gasteiger partial charge on any atom is -0.487 e. The Morgan fingerprint density at radius 2 is 2.10 bits per heavy atom. The first-order valence-corrected chi connectivity index (χ1v) is 8.11. The van der Waals surface area contributed by atoms with Crippen LogP contribution in [0.25, 0.3) is 0 Å². The molecule has 0 radical (unpaired) electrons. The maximum absolute atomic E-state index is 11.3. The van der Waals surface area contributed by atoms with Crippen molar-refractivity contribution in [2.24, 2.45) is 0 Å². The number of ether oxygens (including phenoxy) is 1. The van der Waals surface area contributed by atoms with Crippen molar-refractivity contribution in [3.63, 3.8) is 0 Å². The lowest BCUT2D eigenvalue weighted by molar-refractivity contribution is -0.385. The summed E-state index contributed by atoms with van der Waals surface area (Å²) in [5.74, 6) is 0.0781. The van der Waals surface area contributed by atoms with Crippen LogP contribution in [0.1, 0.15) is 13.3 Å². The summed E-state index contributed by atoms with van der Waals surface area (Å²) in [5, 5.41) is 13.8. The monoisotopic (exact) mass is 317 g/mol. The highest BCUT2D eigenvalue weighted by Crippen LogP contribution is 2.30. The van der Waals surface area contributed by atoms with Crippen molar-refractivity contribution in [2.45, 2.75) is 13.3 Å². The van der Waals surface area contributed by atoms with Gasteiger partial charge >= 0.3 is 5.69 Å². The topological polar surface area (TPSA) is 111 Å². The molecule has 0 unspecified atom stereocenters. The van der Waals surface area contributed by atoms with Crippen LogP contribution in [0.2, 0.25) is 0 Å². The molecule has 1 aromatic carbocycles. The smallest absolute Gasteiger partial charge is 0.311 e. The van der Waals surface area contributed by atoms with Crippen LogP contribution in [-0.4, -0.2) is 39.3 Å². The second-order valence-corrected chi connectivity index (χ2v) is 6.28. The molecule has 0 fully saturated rings. The van der Waals surface area contributed by atoms with E-state index < -0.39 is 14.9 Å². The number of hydrogen-bond acceptors (Lipinski definition) is 6. The van der Waals surface area contributed by atoms with Crippen LogP contribution < -0.4 is 14.8 Å². The Bertz CT molecular complexity index is 589. The van der Waals surface area contributed by atoms with Gasteiger partial charge < -0.3 is 10.1 Å². The quantitative estimate of drug-likeness (QED) is 0.525. The van der Waals surface area contributed by atoms with Gasteiger partial charge in [-0.3, -0.25) is 10.1 Å². The van der Waals surface area contributed by atoms with Gasteiger partial charge in [0, 0.05) is 24.4 Å². The van der Waals surface area contributed by atoms with Gasteiger partial charge in [0.05, 0.1) is 17.3 Å². The number of rotatable bonds is 9. The highest BCUT2D eigenvalue weighted by molar-refractivity contribution is 7.89. The number of anilines is 1. The van der Waals surface area contributed by atoms with Crippen LogP contribution in [0.4, 0.5) is 11.4 Å². The predicted molar refractivity (Wildman–Crippen MR) is 80.2 cm³/mol. The number of nitro groups is 1. The van der Waals surface area contributed by atoms with Crippen LogP contribution in [0.15, 0.2) is 18.2 Å². The molecule has 0 aromatic heterocycles. The molecule has 0 saturated carbocycles. The zero-order valence-electron chi connectivity index (χ0n) is 12.0. The second kappa shape index (κ2) is 7.79. The Hall–Kier alpha value is -1.87. The summed E-state index contributed by atoms with van der Waals surface area (Å²) in [5.41, 5.74) is 0.454. The zero-order chi connectivity index (χ0) is 15.9. The summed E-state index contributed by atoms with van der Waals surface area (Å²) in [6.07, 6.45) is 0.731. The molecular weight excluding hydrogens is 298 g/mol. The molecule has 0 aliphatic rings. The third-order valence-electron chi connectivity index (χ3n) is 2.63. The highest BCUT2D eigenvalue weighted by atomic mass is 32.2. The highest BCUT2D eigenvalue weighted by Gasteiger charge is 2.15. The number of nitrogens with one attached hydrogen (secondary N) is 2. The molecule has 0 bridgehead atoms. The van der Waals surface area contributed by atoms with Gasteiger partial charge in [0.15, 0.2) is 5.75 Å². The van der Waals surface area contributed by atoms with Crippen molar-refractivity contribution in [3.8, 4) is 5.75 Å². The van der Waals surface area contributed by atoms with E-state index in [-0.39, 0.29) is 23.7 Å². The first-order valence-electron chi connectivity index (χ1n) is 6.46. The molecular formula is C12H19N3O5S. The summed E-state index contributed by atoms with van der Waals surface area (Å²) in [6, 6.07) is 4.35. The Balaban J connectivity index is 2.77. The van der Waals surface area contributed by atoms with E-state index in [2.05, 4.69) is 10.0 Å². The molecule has 0 atom stereocenters. The van der Waals surface area contributed by atoms with Gasteiger partial charge in [0.25, 0.3) is 0 Å². The molecule has 21 heavy (non-hydrogen) atoms. The molecule has 8 nitrogen and oxygen atoms in total. The SMILES string of the molecule is CCCOc1cc(NCCS(=O)(=O)NC)ccc1[N+](=O)[O-]. The third kappa shape index (κ3) is 5.56. The van der Waals surface area contributed by atoms with E-state index in [9.17, 15) is 18.5 Å². The molecule has 2 N–H and O–H groups in total. The van der Waals surface area contributed by atoms with Crippen molar-refractivity contribution in [3.05, 3.63) is 28.3 Å². The van der Waals surface area contributed by atoms with Crippen LogP contribution >= 0.6 is 0 Å². The lowest BCUT2D eigenvalue weighted by atomic mass is 10.2. The Morgan fingerprint density at radius 1 is 1.38 bits per heavy atom. The first kappa shape index (κ1) is 17.2. The number of nitrogens with zero attached hydrogens (tertiary/aromatic N) is 1. The van der Waals surface area contributed by atoms with Crippen molar-refractivity contribution in [1.82, 2.24) is 4.72 Å². The average Bonchev–Trinajstić information content (AvgIpc) is 2.44. The van der Waals surface area contributed by atoms with E-state index >= 15 is 0 Å². The minimum absolute atomic E-state index is 0.0916. The molecule has 118 valence electrons. The van der Waals surface area contributed by atoms with Gasteiger partial charge in [0.2, 0.25) is 10.0 Å². The van der Waals surface area contributed by atoms with Crippen molar-refractivity contribution >= 4 is 21.4 Å². The van der Waals surface area contributed by atoms with Crippen LogP contribution in [-0.2, 0) is 10.0 Å². The van der Waals surface area contributed by atoms with E-state index in [1.54, 1.807) is 0 Å². The molecule has 1 aromatic rings. The molecule has 0 saturated heterocycles. The average molecular weight is 317 g/mol. The molecule has 0 spiro atoms. The molecule has 0 aliphatic heterocycles. The van der Waals surface area contributed by atoms with Gasteiger partial charge in [-0.05, 0) is 19.5 Å². The van der Waals surface area contributed by atoms with Crippen molar-refractivity contribution < 1.29 is 18.1 Å². The van der Waals surface area contributed by atoms with Crippen LogP contribution in [0, 0.1) is 10.1 Å². The second-order valence-electron chi connectivity index (χ2n) is 4.24. The Kier molecular flexibility index (Phi) is 6.38. The Labute approximate surface area is 123 Å². The zero-order valence-corrected chi connectivity index (χ0v) is 12.8. The van der Waals surface area contributed by atoms with Gasteiger partial charge in [-0.2, -0.15) is 0 Å². The maximum atomic E-state index is 11.3. The van der Waals surface area contributed by atoms with Gasteiger partial charge in [-0.1, -0.05) is 6.92 Å². The summed E-state index contributed by atoms with van der Waals surface area (Å²) in [6.45, 7) is 2.46.